The Kier molecular flexibility index (Phi) is 18.7. The average molecular weight is 1080 g/mol. The van der Waals surface area contributed by atoms with Gasteiger partial charge in [-0.15, -0.1) is 52.6 Å². The van der Waals surface area contributed by atoms with E-state index in [2.05, 4.69) is 106 Å². The van der Waals surface area contributed by atoms with Gasteiger partial charge in [-0.1, -0.05) is 130 Å². The molecule has 1 radical (unpaired) electrons. The number of rotatable bonds is 13. The number of benzene rings is 5. The first kappa shape index (κ1) is 52.4. The Balaban J connectivity index is 0.000000198. The molecule has 0 unspecified atom stereocenters. The molecule has 8 aromatic rings. The van der Waals surface area contributed by atoms with Gasteiger partial charge in [-0.3, -0.25) is 9.78 Å². The summed E-state index contributed by atoms with van der Waals surface area (Å²) in [5.41, 5.74) is 11.7. The number of carbonyl (C=O) groups excluding carboxylic acids is 1. The molecule has 6 nitrogen and oxygen atoms in total. The molecule has 0 bridgehead atoms. The third-order valence-electron chi connectivity index (χ3n) is 12.1. The molecule has 0 saturated heterocycles. The predicted molar refractivity (Wildman–Crippen MR) is 272 cm³/mol. The summed E-state index contributed by atoms with van der Waals surface area (Å²) in [5.74, 6) is 1.38. The number of halogens is 1. The summed E-state index contributed by atoms with van der Waals surface area (Å²) >= 11 is 0. The quantitative estimate of drug-likeness (QED) is 0.0703. The summed E-state index contributed by atoms with van der Waals surface area (Å²) in [5, 5.41) is 14.3. The predicted octanol–water partition coefficient (Wildman–Crippen LogP) is 16.0. The van der Waals surface area contributed by atoms with Crippen LogP contribution in [0.2, 0.25) is 0 Å². The van der Waals surface area contributed by atoms with Gasteiger partial charge in [-0.2, -0.15) is 0 Å². The molecule has 0 atom stereocenters. The molecule has 3 heterocycles. The van der Waals surface area contributed by atoms with Gasteiger partial charge >= 0.3 is 0 Å². The van der Waals surface area contributed by atoms with E-state index in [0.717, 1.165) is 116 Å². The average Bonchev–Trinajstić information content (AvgIpc) is 3.65. The zero-order chi connectivity index (χ0) is 47.7. The molecule has 8 rings (SSSR count). The van der Waals surface area contributed by atoms with Crippen molar-refractivity contribution >= 4 is 49.4 Å². The number of ketones is 1. The van der Waals surface area contributed by atoms with Gasteiger partial charge in [0.2, 0.25) is 0 Å². The largest absolute Gasteiger partial charge is 0.512 e. The van der Waals surface area contributed by atoms with Crippen molar-refractivity contribution in [2.24, 2.45) is 23.7 Å². The fraction of sp³-hybridized carbons (Fsp3) is 0.356. The number of aliphatic hydroxyl groups excluding tert-OH is 1. The van der Waals surface area contributed by atoms with Crippen LogP contribution in [0.5, 0.6) is 0 Å². The molecular weight excluding hydrogens is 1010 g/mol. The van der Waals surface area contributed by atoms with Crippen LogP contribution in [0.1, 0.15) is 109 Å². The monoisotopic (exact) mass is 1080 g/mol. The first-order valence-corrected chi connectivity index (χ1v) is 23.8. The second-order valence-corrected chi connectivity index (χ2v) is 18.5. The molecule has 3 aromatic heterocycles. The number of aromatic nitrogens is 3. The van der Waals surface area contributed by atoms with Crippen LogP contribution in [0.3, 0.4) is 0 Å². The second-order valence-electron chi connectivity index (χ2n) is 18.5. The molecule has 0 amide bonds. The number of furan rings is 1. The summed E-state index contributed by atoms with van der Waals surface area (Å²) in [7, 11) is 0. The number of nitrogens with zero attached hydrogens (tertiary/aromatic N) is 3. The van der Waals surface area contributed by atoms with Crippen molar-refractivity contribution < 1.29 is 38.8 Å². The van der Waals surface area contributed by atoms with Crippen LogP contribution in [-0.2, 0) is 37.7 Å². The normalized spacial score (nSPS) is 11.7. The number of allylic oxidation sites excluding steroid dienone is 2. The van der Waals surface area contributed by atoms with Crippen molar-refractivity contribution in [3.05, 3.63) is 149 Å². The number of carbonyl (C=O) groups is 1. The fourth-order valence-corrected chi connectivity index (χ4v) is 8.79. The van der Waals surface area contributed by atoms with E-state index >= 15 is 0 Å². The number of pyridine rings is 1. The van der Waals surface area contributed by atoms with Gasteiger partial charge in [0.1, 0.15) is 17.7 Å². The van der Waals surface area contributed by atoms with Gasteiger partial charge in [0.25, 0.3) is 0 Å². The minimum atomic E-state index is -0.232. The van der Waals surface area contributed by atoms with E-state index in [1.165, 1.54) is 23.3 Å². The summed E-state index contributed by atoms with van der Waals surface area (Å²) < 4.78 is 20.9. The summed E-state index contributed by atoms with van der Waals surface area (Å²) in [6.07, 6.45) is 8.42. The molecule has 0 aliphatic heterocycles. The van der Waals surface area contributed by atoms with E-state index in [4.69, 9.17) is 9.40 Å². The number of aliphatic hydroxyl groups is 1. The second kappa shape index (κ2) is 23.9. The smallest absolute Gasteiger partial charge is 0.162 e. The first-order chi connectivity index (χ1) is 31.6. The number of fused-ring (bicyclic) bond motifs is 5. The summed E-state index contributed by atoms with van der Waals surface area (Å²) in [6, 6.07) is 34.8. The van der Waals surface area contributed by atoms with E-state index in [-0.39, 0.29) is 49.3 Å². The van der Waals surface area contributed by atoms with Gasteiger partial charge in [0, 0.05) is 54.5 Å². The summed E-state index contributed by atoms with van der Waals surface area (Å²) in [4.78, 5) is 25.6. The zero-order valence-electron chi connectivity index (χ0n) is 41.1. The minimum Gasteiger partial charge on any atom is -0.512 e. The standard InChI is InChI=1S/C26H21FNO.C20H21N2.C13H24O2.Ir/c1-15(2)11-17-14-20-19(8-6-9-23(20)27)25(28-17)22-13-16(3)12-21-18-7-4-5-10-24(18)29-26(21)22;1-13(2)7-16-5-6-18-19(11-16)21-12-22-20(18)17-9-14(3)8-15(4)10-17;1-5-10(6-2)12(14)9-13(15)11(7-3)8-4;/h4-10,12,14-15H,11H2,1-3H3;5-6,8-9,11-13H,7H2,1-4H3;9-11,14H,5-8H2,1-4H3;/q2*-1;;/b;;12-9-;. The molecule has 0 spiro atoms. The van der Waals surface area contributed by atoms with Crippen molar-refractivity contribution in [3.63, 3.8) is 0 Å². The Morgan fingerprint density at radius 2 is 1.37 bits per heavy atom. The van der Waals surface area contributed by atoms with E-state index < -0.39 is 0 Å². The number of hydrogen-bond acceptors (Lipinski definition) is 6. The van der Waals surface area contributed by atoms with Crippen molar-refractivity contribution in [1.82, 2.24) is 15.0 Å². The molecular formula is C59H66FIrN3O3-2. The van der Waals surface area contributed by atoms with E-state index in [9.17, 15) is 14.3 Å². The van der Waals surface area contributed by atoms with E-state index in [1.54, 1.807) is 12.4 Å². The molecule has 0 fully saturated rings. The van der Waals surface area contributed by atoms with Gasteiger partial charge in [-0.05, 0) is 102 Å². The molecule has 353 valence electrons. The van der Waals surface area contributed by atoms with Gasteiger partial charge < -0.3 is 14.5 Å². The molecule has 8 heteroatoms. The number of para-hydroxylation sites is 1. The molecule has 5 aromatic carbocycles. The first-order valence-electron chi connectivity index (χ1n) is 23.8. The third kappa shape index (κ3) is 12.9. The van der Waals surface area contributed by atoms with Gasteiger partial charge in [0.05, 0.1) is 16.9 Å². The van der Waals surface area contributed by atoms with Gasteiger partial charge in [-0.25, -0.2) is 9.37 Å². The van der Waals surface area contributed by atoms with Crippen molar-refractivity contribution in [2.45, 2.75) is 115 Å². The third-order valence-corrected chi connectivity index (χ3v) is 12.1. The van der Waals surface area contributed by atoms with Crippen LogP contribution < -0.4 is 0 Å². The number of hydrogen-bond donors (Lipinski definition) is 1. The van der Waals surface area contributed by atoms with Crippen molar-refractivity contribution in [3.8, 4) is 22.5 Å². The topological polar surface area (TPSA) is 89.1 Å². The zero-order valence-corrected chi connectivity index (χ0v) is 43.5. The Bertz CT molecular complexity index is 2960. The van der Waals surface area contributed by atoms with Crippen LogP contribution in [0.25, 0.3) is 66.1 Å². The molecule has 1 N–H and O–H groups in total. The van der Waals surface area contributed by atoms with Crippen LogP contribution in [0.15, 0.2) is 108 Å². The van der Waals surface area contributed by atoms with E-state index in [1.807, 2.05) is 65.0 Å². The van der Waals surface area contributed by atoms with Crippen LogP contribution in [-0.4, -0.2) is 25.8 Å². The number of aryl methyl sites for hydroxylation is 3. The minimum absolute atomic E-state index is 0. The van der Waals surface area contributed by atoms with Crippen LogP contribution in [0, 0.1) is 62.4 Å². The van der Waals surface area contributed by atoms with E-state index in [0.29, 0.717) is 17.2 Å². The Morgan fingerprint density at radius 1 is 0.701 bits per heavy atom. The van der Waals surface area contributed by atoms with Crippen molar-refractivity contribution in [1.29, 1.82) is 0 Å². The molecule has 0 saturated carbocycles. The Morgan fingerprint density at radius 3 is 2.04 bits per heavy atom. The van der Waals surface area contributed by atoms with Crippen LogP contribution in [0.4, 0.5) is 4.39 Å². The molecule has 0 aliphatic carbocycles. The van der Waals surface area contributed by atoms with Crippen LogP contribution >= 0.6 is 0 Å². The summed E-state index contributed by atoms with van der Waals surface area (Å²) in [6.45, 7) is 23.0. The molecule has 67 heavy (non-hydrogen) atoms. The maximum atomic E-state index is 14.7. The molecule has 0 aliphatic rings. The van der Waals surface area contributed by atoms with Crippen molar-refractivity contribution in [2.75, 3.05) is 0 Å². The SMILES string of the molecule is CCC(CC)C(=O)/C=C(\O)C(CC)CC.Cc1[c-]c(-c2nc(CC(C)C)cc3c(F)cccc23)c2oc3ccccc3c2c1.Cc1[c-]c(-c2ncnc3cc(CC(C)C)ccc23)cc(C)c1.[Ir]. The maximum Gasteiger partial charge on any atom is 0.162 e. The maximum absolute atomic E-state index is 14.7. The fourth-order valence-electron chi connectivity index (χ4n) is 8.79. The van der Waals surface area contributed by atoms with Gasteiger partial charge in [0.15, 0.2) is 5.78 Å². The Hall–Kier alpha value is -5.56. The Labute approximate surface area is 410 Å².